The van der Waals surface area contributed by atoms with Crippen molar-refractivity contribution in [3.05, 3.63) is 53.1 Å². The first kappa shape index (κ1) is 19.1. The van der Waals surface area contributed by atoms with Gasteiger partial charge in [0.1, 0.15) is 11.5 Å². The zero-order valence-electron chi connectivity index (χ0n) is 14.7. The minimum atomic E-state index is -0.131. The fraction of sp³-hybridized carbons (Fsp3) is 0.316. The smallest absolute Gasteiger partial charge is 0.238 e. The molecule has 0 aliphatic carbocycles. The number of carbonyl (C=O) groups is 1. The minimum Gasteiger partial charge on any atom is -0.495 e. The van der Waals surface area contributed by atoms with Crippen molar-refractivity contribution >= 4 is 23.2 Å². The molecule has 0 unspecified atom stereocenters. The van der Waals surface area contributed by atoms with E-state index >= 15 is 0 Å². The van der Waals surface area contributed by atoms with Gasteiger partial charge in [0.25, 0.3) is 0 Å². The van der Waals surface area contributed by atoms with E-state index in [1.54, 1.807) is 25.3 Å². The van der Waals surface area contributed by atoms with Crippen molar-refractivity contribution < 1.29 is 14.3 Å². The van der Waals surface area contributed by atoms with Gasteiger partial charge in [-0.3, -0.25) is 9.69 Å². The maximum Gasteiger partial charge on any atom is 0.238 e. The van der Waals surface area contributed by atoms with E-state index < -0.39 is 0 Å². The van der Waals surface area contributed by atoms with E-state index in [1.165, 1.54) is 0 Å². The van der Waals surface area contributed by atoms with E-state index in [-0.39, 0.29) is 12.5 Å². The number of benzene rings is 2. The molecule has 134 valence electrons. The van der Waals surface area contributed by atoms with Crippen LogP contribution in [0.3, 0.4) is 0 Å². The molecule has 1 N–H and O–H groups in total. The van der Waals surface area contributed by atoms with Crippen molar-refractivity contribution in [2.24, 2.45) is 0 Å². The molecule has 0 bridgehead atoms. The normalized spacial score (nSPS) is 10.6. The summed E-state index contributed by atoms with van der Waals surface area (Å²) in [5, 5.41) is 3.38. The van der Waals surface area contributed by atoms with E-state index in [9.17, 15) is 4.79 Å². The summed E-state index contributed by atoms with van der Waals surface area (Å²) >= 11 is 5.98. The number of halogens is 1. The van der Waals surface area contributed by atoms with Crippen molar-refractivity contribution in [3.63, 3.8) is 0 Å². The highest BCUT2D eigenvalue weighted by atomic mass is 35.5. The second-order valence-corrected chi connectivity index (χ2v) is 6.08. The van der Waals surface area contributed by atoms with Crippen LogP contribution in [0.25, 0.3) is 0 Å². The molecule has 25 heavy (non-hydrogen) atoms. The Balaban J connectivity index is 1.90. The number of hydrogen-bond acceptors (Lipinski definition) is 4. The molecule has 0 aromatic heterocycles. The Labute approximate surface area is 153 Å². The Morgan fingerprint density at radius 1 is 1.20 bits per heavy atom. The summed E-state index contributed by atoms with van der Waals surface area (Å²) in [5.74, 6) is 1.29. The van der Waals surface area contributed by atoms with E-state index in [0.717, 1.165) is 11.3 Å². The van der Waals surface area contributed by atoms with E-state index in [2.05, 4.69) is 5.32 Å². The summed E-state index contributed by atoms with van der Waals surface area (Å²) in [4.78, 5) is 14.2. The first-order valence-electron chi connectivity index (χ1n) is 8.05. The lowest BCUT2D eigenvalue weighted by molar-refractivity contribution is -0.117. The second kappa shape index (κ2) is 9.30. The Bertz CT molecular complexity index is 704. The number of carbonyl (C=O) groups excluding carboxylic acids is 1. The zero-order chi connectivity index (χ0) is 18.2. The van der Waals surface area contributed by atoms with Crippen LogP contribution in [0.4, 0.5) is 5.69 Å². The van der Waals surface area contributed by atoms with Crippen LogP contribution >= 0.6 is 11.6 Å². The summed E-state index contributed by atoms with van der Waals surface area (Å²) < 4.78 is 10.7. The van der Waals surface area contributed by atoms with Gasteiger partial charge in [0, 0.05) is 11.6 Å². The van der Waals surface area contributed by atoms with E-state index in [1.807, 2.05) is 43.1 Å². The molecule has 5 nitrogen and oxygen atoms in total. The van der Waals surface area contributed by atoms with Gasteiger partial charge in [-0.1, -0.05) is 23.7 Å². The molecule has 0 radical (unpaired) electrons. The number of methoxy groups -OCH3 is 1. The van der Waals surface area contributed by atoms with Gasteiger partial charge >= 0.3 is 0 Å². The number of nitrogens with one attached hydrogen (secondary N) is 1. The molecule has 2 aromatic carbocycles. The maximum absolute atomic E-state index is 12.3. The Morgan fingerprint density at radius 2 is 1.92 bits per heavy atom. The van der Waals surface area contributed by atoms with Crippen LogP contribution < -0.4 is 14.8 Å². The average Bonchev–Trinajstić information content (AvgIpc) is 2.57. The van der Waals surface area contributed by atoms with Crippen molar-refractivity contribution in [3.8, 4) is 11.5 Å². The fourth-order valence-electron chi connectivity index (χ4n) is 2.44. The highest BCUT2D eigenvalue weighted by molar-refractivity contribution is 6.31. The van der Waals surface area contributed by atoms with Gasteiger partial charge in [-0.2, -0.15) is 0 Å². The predicted octanol–water partition coefficient (Wildman–Crippen LogP) is 3.82. The van der Waals surface area contributed by atoms with Gasteiger partial charge in [-0.05, 0) is 49.9 Å². The molecule has 1 amide bonds. The standard InChI is InChI=1S/C19H23ClN2O3/c1-4-25-16-8-5-14(6-9-16)12-22(2)13-19(23)21-17-11-15(20)7-10-18(17)24-3/h5-11H,4,12-13H2,1-3H3,(H,21,23). The molecule has 0 aliphatic rings. The second-order valence-electron chi connectivity index (χ2n) is 5.64. The fourth-order valence-corrected chi connectivity index (χ4v) is 2.61. The minimum absolute atomic E-state index is 0.131. The third kappa shape index (κ3) is 5.96. The zero-order valence-corrected chi connectivity index (χ0v) is 15.5. The van der Waals surface area contributed by atoms with E-state index in [0.29, 0.717) is 29.6 Å². The SMILES string of the molecule is CCOc1ccc(CN(C)CC(=O)Nc2cc(Cl)ccc2OC)cc1. The first-order chi connectivity index (χ1) is 12.0. The Morgan fingerprint density at radius 3 is 2.56 bits per heavy atom. The van der Waals surface area contributed by atoms with Gasteiger partial charge in [0.2, 0.25) is 5.91 Å². The third-order valence-electron chi connectivity index (χ3n) is 3.54. The van der Waals surface area contributed by atoms with Crippen molar-refractivity contribution in [1.82, 2.24) is 4.90 Å². The molecular weight excluding hydrogens is 340 g/mol. The monoisotopic (exact) mass is 362 g/mol. The van der Waals surface area contributed by atoms with E-state index in [4.69, 9.17) is 21.1 Å². The molecule has 0 heterocycles. The highest BCUT2D eigenvalue weighted by Gasteiger charge is 2.11. The number of likely N-dealkylation sites (N-methyl/N-ethyl adjacent to an activating group) is 1. The molecule has 0 spiro atoms. The molecule has 0 atom stereocenters. The molecule has 0 aliphatic heterocycles. The summed E-state index contributed by atoms with van der Waals surface area (Å²) in [5.41, 5.74) is 1.67. The van der Waals surface area contributed by atoms with Crippen LogP contribution in [0.1, 0.15) is 12.5 Å². The van der Waals surface area contributed by atoms with Crippen molar-refractivity contribution in [2.75, 3.05) is 32.6 Å². The lowest BCUT2D eigenvalue weighted by Crippen LogP contribution is -2.29. The number of rotatable bonds is 8. The predicted molar refractivity (Wildman–Crippen MR) is 101 cm³/mol. The Hall–Kier alpha value is -2.24. The molecular formula is C19H23ClN2O3. The topological polar surface area (TPSA) is 50.8 Å². The summed E-state index contributed by atoms with van der Waals surface area (Å²) in [6.45, 7) is 3.51. The molecule has 2 rings (SSSR count). The molecule has 0 saturated heterocycles. The number of nitrogens with zero attached hydrogens (tertiary/aromatic N) is 1. The number of anilines is 1. The largest absolute Gasteiger partial charge is 0.495 e. The number of ether oxygens (including phenoxy) is 2. The molecule has 0 fully saturated rings. The van der Waals surface area contributed by atoms with Crippen LogP contribution in [0.5, 0.6) is 11.5 Å². The van der Waals surface area contributed by atoms with Crippen molar-refractivity contribution in [2.45, 2.75) is 13.5 Å². The van der Waals surface area contributed by atoms with Crippen LogP contribution in [-0.2, 0) is 11.3 Å². The average molecular weight is 363 g/mol. The third-order valence-corrected chi connectivity index (χ3v) is 3.77. The van der Waals surface area contributed by atoms with Gasteiger partial charge in [-0.15, -0.1) is 0 Å². The molecule has 0 saturated carbocycles. The summed E-state index contributed by atoms with van der Waals surface area (Å²) in [6.07, 6.45) is 0. The number of amides is 1. The lowest BCUT2D eigenvalue weighted by atomic mass is 10.2. The maximum atomic E-state index is 12.3. The first-order valence-corrected chi connectivity index (χ1v) is 8.43. The van der Waals surface area contributed by atoms with Gasteiger partial charge in [0.15, 0.2) is 0 Å². The molecule has 6 heteroatoms. The highest BCUT2D eigenvalue weighted by Crippen LogP contribution is 2.27. The molecule has 2 aromatic rings. The van der Waals surface area contributed by atoms with Crippen LogP contribution in [0.15, 0.2) is 42.5 Å². The lowest BCUT2D eigenvalue weighted by Gasteiger charge is -2.17. The summed E-state index contributed by atoms with van der Waals surface area (Å²) in [6, 6.07) is 13.0. The number of hydrogen-bond donors (Lipinski definition) is 1. The Kier molecular flexibility index (Phi) is 7.10. The van der Waals surface area contributed by atoms with Gasteiger partial charge in [0.05, 0.1) is 25.9 Å². The van der Waals surface area contributed by atoms with Crippen LogP contribution in [0, 0.1) is 0 Å². The van der Waals surface area contributed by atoms with Gasteiger partial charge < -0.3 is 14.8 Å². The van der Waals surface area contributed by atoms with Crippen LogP contribution in [0.2, 0.25) is 5.02 Å². The van der Waals surface area contributed by atoms with Crippen LogP contribution in [-0.4, -0.2) is 38.1 Å². The quantitative estimate of drug-likeness (QED) is 0.775. The van der Waals surface area contributed by atoms with Crippen molar-refractivity contribution in [1.29, 1.82) is 0 Å². The summed E-state index contributed by atoms with van der Waals surface area (Å²) in [7, 11) is 3.45. The van der Waals surface area contributed by atoms with Gasteiger partial charge in [-0.25, -0.2) is 0 Å².